The van der Waals surface area contributed by atoms with Crippen LogP contribution in [-0.4, -0.2) is 32.1 Å². The van der Waals surface area contributed by atoms with Crippen molar-refractivity contribution in [1.82, 2.24) is 4.72 Å². The van der Waals surface area contributed by atoms with Gasteiger partial charge >= 0.3 is 5.97 Å². The van der Waals surface area contributed by atoms with E-state index in [9.17, 15) is 13.2 Å². The van der Waals surface area contributed by atoms with Crippen molar-refractivity contribution >= 4 is 16.0 Å². The Morgan fingerprint density at radius 2 is 2.14 bits per heavy atom. The van der Waals surface area contributed by atoms with E-state index in [1.807, 2.05) is 19.9 Å². The zero-order valence-corrected chi connectivity index (χ0v) is 12.8. The molecule has 1 aromatic carbocycles. The Kier molecular flexibility index (Phi) is 4.53. The first kappa shape index (κ1) is 15.8. The van der Waals surface area contributed by atoms with Crippen molar-refractivity contribution in [3.8, 4) is 5.75 Å². The van der Waals surface area contributed by atoms with Crippen LogP contribution >= 0.6 is 0 Å². The lowest BCUT2D eigenvalue weighted by Crippen LogP contribution is -2.41. The normalized spacial score (nSPS) is 15.6. The predicted octanol–water partition coefficient (Wildman–Crippen LogP) is 1.40. The second-order valence-electron chi connectivity index (χ2n) is 5.48. The summed E-state index contributed by atoms with van der Waals surface area (Å²) in [5, 5.41) is 9.17. The van der Waals surface area contributed by atoms with Gasteiger partial charge in [-0.2, -0.15) is 4.72 Å². The fraction of sp³-hybridized carbons (Fsp3) is 0.500. The third-order valence-corrected chi connectivity index (χ3v) is 4.77. The van der Waals surface area contributed by atoms with Gasteiger partial charge in [0.2, 0.25) is 10.0 Å². The second kappa shape index (κ2) is 6.03. The molecular weight excluding hydrogens is 294 g/mol. The van der Waals surface area contributed by atoms with Gasteiger partial charge in [0, 0.05) is 6.42 Å². The smallest absolute Gasteiger partial charge is 0.321 e. The average molecular weight is 313 g/mol. The molecule has 6 nitrogen and oxygen atoms in total. The highest BCUT2D eigenvalue weighted by Gasteiger charge is 2.30. The molecule has 21 heavy (non-hydrogen) atoms. The molecule has 2 rings (SSSR count). The van der Waals surface area contributed by atoms with E-state index in [1.165, 1.54) is 6.07 Å². The van der Waals surface area contributed by atoms with Gasteiger partial charge in [0.15, 0.2) is 0 Å². The summed E-state index contributed by atoms with van der Waals surface area (Å²) in [6, 6.07) is 3.73. The Hall–Kier alpha value is -1.60. The number of nitrogens with one attached hydrogen (secondary N) is 1. The number of ether oxygens (including phenoxy) is 1. The van der Waals surface area contributed by atoms with E-state index in [1.54, 1.807) is 6.07 Å². The van der Waals surface area contributed by atoms with Crippen molar-refractivity contribution < 1.29 is 23.1 Å². The van der Waals surface area contributed by atoms with Crippen molar-refractivity contribution in [2.45, 2.75) is 37.6 Å². The van der Waals surface area contributed by atoms with Gasteiger partial charge < -0.3 is 9.84 Å². The number of hydrogen-bond acceptors (Lipinski definition) is 4. The molecular formula is C14H19NO5S. The standard InChI is InChI=1S/C14H19NO5S/c1-9(2)8-11(14(16)17)15-21(18,19)12-5-3-4-10-6-7-20-13(10)12/h3-5,9,11,15H,6-8H2,1-2H3,(H,16,17)/t11-/m1/s1. The van der Waals surface area contributed by atoms with Gasteiger partial charge in [-0.25, -0.2) is 8.42 Å². The first-order chi connectivity index (χ1) is 9.81. The van der Waals surface area contributed by atoms with Crippen LogP contribution in [0.1, 0.15) is 25.8 Å². The van der Waals surface area contributed by atoms with Crippen LogP contribution in [0.4, 0.5) is 0 Å². The number of para-hydroxylation sites is 1. The van der Waals surface area contributed by atoms with E-state index >= 15 is 0 Å². The summed E-state index contributed by atoms with van der Waals surface area (Å²) < 4.78 is 32.5. The number of rotatable bonds is 6. The molecule has 0 aromatic heterocycles. The first-order valence-electron chi connectivity index (χ1n) is 6.81. The Morgan fingerprint density at radius 3 is 2.76 bits per heavy atom. The first-order valence-corrected chi connectivity index (χ1v) is 8.29. The summed E-state index contributed by atoms with van der Waals surface area (Å²) >= 11 is 0. The van der Waals surface area contributed by atoms with Crippen LogP contribution in [0.15, 0.2) is 23.1 Å². The Balaban J connectivity index is 2.30. The lowest BCUT2D eigenvalue weighted by atomic mass is 10.1. The Morgan fingerprint density at radius 1 is 1.43 bits per heavy atom. The van der Waals surface area contributed by atoms with Crippen molar-refractivity contribution in [3.05, 3.63) is 23.8 Å². The number of sulfonamides is 1. The predicted molar refractivity (Wildman–Crippen MR) is 76.8 cm³/mol. The van der Waals surface area contributed by atoms with Gasteiger partial charge in [-0.1, -0.05) is 26.0 Å². The average Bonchev–Trinajstić information content (AvgIpc) is 2.84. The van der Waals surface area contributed by atoms with Crippen LogP contribution in [0.25, 0.3) is 0 Å². The Labute approximate surface area is 124 Å². The second-order valence-corrected chi connectivity index (χ2v) is 7.17. The molecule has 0 bridgehead atoms. The maximum absolute atomic E-state index is 12.4. The SMILES string of the molecule is CC(C)C[C@@H](NS(=O)(=O)c1cccc2c1OCC2)C(=O)O. The fourth-order valence-corrected chi connectivity index (χ4v) is 3.71. The monoisotopic (exact) mass is 313 g/mol. The van der Waals surface area contributed by atoms with Crippen LogP contribution in [0.3, 0.4) is 0 Å². The molecule has 1 aliphatic rings. The summed E-state index contributed by atoms with van der Waals surface area (Å²) in [6.07, 6.45) is 0.886. The molecule has 0 unspecified atom stereocenters. The lowest BCUT2D eigenvalue weighted by Gasteiger charge is -2.17. The maximum Gasteiger partial charge on any atom is 0.321 e. The van der Waals surface area contributed by atoms with Crippen LogP contribution in [0.5, 0.6) is 5.75 Å². The van der Waals surface area contributed by atoms with E-state index in [-0.39, 0.29) is 17.2 Å². The highest BCUT2D eigenvalue weighted by molar-refractivity contribution is 7.89. The van der Waals surface area contributed by atoms with Gasteiger partial charge in [0.25, 0.3) is 0 Å². The van der Waals surface area contributed by atoms with E-state index in [2.05, 4.69) is 4.72 Å². The van der Waals surface area contributed by atoms with Gasteiger partial charge in [-0.3, -0.25) is 4.79 Å². The zero-order chi connectivity index (χ0) is 15.6. The van der Waals surface area contributed by atoms with E-state index in [0.717, 1.165) is 5.56 Å². The third-order valence-electron chi connectivity index (χ3n) is 3.27. The van der Waals surface area contributed by atoms with Gasteiger partial charge in [-0.05, 0) is 24.0 Å². The topological polar surface area (TPSA) is 92.7 Å². The molecule has 0 saturated heterocycles. The molecule has 1 aliphatic heterocycles. The van der Waals surface area contributed by atoms with Crippen molar-refractivity contribution in [2.75, 3.05) is 6.61 Å². The van der Waals surface area contributed by atoms with Crippen molar-refractivity contribution in [1.29, 1.82) is 0 Å². The molecule has 1 heterocycles. The summed E-state index contributed by atoms with van der Waals surface area (Å²) in [5.74, 6) is -0.786. The van der Waals surface area contributed by atoms with Crippen molar-refractivity contribution in [2.24, 2.45) is 5.92 Å². The number of carboxylic acids is 1. The quantitative estimate of drug-likeness (QED) is 0.828. The number of aliphatic carboxylic acids is 1. The zero-order valence-electron chi connectivity index (χ0n) is 12.0. The molecule has 2 N–H and O–H groups in total. The summed E-state index contributed by atoms with van der Waals surface area (Å²) in [6.45, 7) is 4.12. The summed E-state index contributed by atoms with van der Waals surface area (Å²) in [4.78, 5) is 11.2. The van der Waals surface area contributed by atoms with Crippen molar-refractivity contribution in [3.63, 3.8) is 0 Å². The number of carbonyl (C=O) groups is 1. The van der Waals surface area contributed by atoms with Crippen LogP contribution in [-0.2, 0) is 21.2 Å². The van der Waals surface area contributed by atoms with E-state index in [4.69, 9.17) is 9.84 Å². The molecule has 116 valence electrons. The number of hydrogen-bond donors (Lipinski definition) is 2. The minimum atomic E-state index is -3.93. The fourth-order valence-electron chi connectivity index (χ4n) is 2.32. The summed E-state index contributed by atoms with van der Waals surface area (Å²) in [7, 11) is -3.93. The lowest BCUT2D eigenvalue weighted by molar-refractivity contribution is -0.139. The number of carboxylic acid groups (broad SMARTS) is 1. The maximum atomic E-state index is 12.4. The van der Waals surface area contributed by atoms with Crippen LogP contribution in [0, 0.1) is 5.92 Å². The highest BCUT2D eigenvalue weighted by atomic mass is 32.2. The molecule has 0 spiro atoms. The summed E-state index contributed by atoms with van der Waals surface area (Å²) in [5.41, 5.74) is 0.827. The minimum Gasteiger partial charge on any atom is -0.492 e. The molecule has 7 heteroatoms. The number of benzene rings is 1. The molecule has 0 aliphatic carbocycles. The van der Waals surface area contributed by atoms with Crippen LogP contribution < -0.4 is 9.46 Å². The highest BCUT2D eigenvalue weighted by Crippen LogP contribution is 2.32. The largest absolute Gasteiger partial charge is 0.492 e. The van der Waals surface area contributed by atoms with Gasteiger partial charge in [-0.15, -0.1) is 0 Å². The molecule has 1 aromatic rings. The Bertz CT molecular complexity index is 639. The molecule has 0 fully saturated rings. The van der Waals surface area contributed by atoms with E-state index < -0.39 is 22.0 Å². The van der Waals surface area contributed by atoms with E-state index in [0.29, 0.717) is 18.8 Å². The van der Waals surface area contributed by atoms with Gasteiger partial charge in [0.1, 0.15) is 16.7 Å². The van der Waals surface area contributed by atoms with Gasteiger partial charge in [0.05, 0.1) is 6.61 Å². The molecule has 1 atom stereocenters. The van der Waals surface area contributed by atoms with Crippen LogP contribution in [0.2, 0.25) is 0 Å². The third kappa shape index (κ3) is 3.54. The molecule has 0 saturated carbocycles. The molecule has 0 amide bonds. The minimum absolute atomic E-state index is 0.00695. The molecule has 0 radical (unpaired) electrons. The number of fused-ring (bicyclic) bond motifs is 1.